The molecule has 2 aliphatic rings. The van der Waals surface area contributed by atoms with Gasteiger partial charge in [-0.15, -0.1) is 0 Å². The van der Waals surface area contributed by atoms with E-state index in [1.165, 1.54) is 24.3 Å². The second kappa shape index (κ2) is 34.9. The standard InChI is InChI=1S/C52H74N16O15S2/c53-17-5-4-9-37(45(58)76)68(25-41(57)72)52(83)38-10-6-18-67(38)51(82)36-27-85-84-26-35(61-44(75)24-60-43(74)23-59-42(73)22-54)50(81)64-33(20-29-11-13-30(69)14-12-29)48(79)63-32(19-28-7-2-1-3-8-28)47(78)62-31(15-16-39(55)70)46(77)65-34(21-40(56)71)49(80)66-36/h1-3,7-8,11-14,31-38,69H,4-6,9-10,15-27,53-54H2,(H2,55,70)(H2,56,71)(H2,57,72)(H2,58,76)(H,59,73)(H,60,74)(H,61,75)(H,62,78)(H,63,79)(H,64,81)(H,65,77)(H,66,80)/t31-,32-,33-,34-,35-,36-,37-,38-/m0/s1. The number of carbonyl (C=O) groups excluding carboxylic acids is 14. The van der Waals surface area contributed by atoms with Crippen molar-refractivity contribution in [1.29, 1.82) is 0 Å². The largest absolute Gasteiger partial charge is 0.508 e. The van der Waals surface area contributed by atoms with Crippen LogP contribution in [0.5, 0.6) is 5.75 Å². The van der Waals surface area contributed by atoms with Crippen LogP contribution < -0.4 is 76.9 Å². The third-order valence-electron chi connectivity index (χ3n) is 13.2. The van der Waals surface area contributed by atoms with Gasteiger partial charge in [0.2, 0.25) is 82.7 Å². The van der Waals surface area contributed by atoms with Crippen LogP contribution in [0, 0.1) is 0 Å². The summed E-state index contributed by atoms with van der Waals surface area (Å²) in [6.07, 6.45) is -1.55. The van der Waals surface area contributed by atoms with Crippen molar-refractivity contribution >= 4 is 104 Å². The lowest BCUT2D eigenvalue weighted by Crippen LogP contribution is -2.61. The summed E-state index contributed by atoms with van der Waals surface area (Å²) in [5.41, 5.74) is 34.1. The lowest BCUT2D eigenvalue weighted by Gasteiger charge is -2.35. The molecule has 2 aliphatic heterocycles. The minimum absolute atomic E-state index is 0.00725. The number of nitrogens with zero attached hydrogens (tertiary/aromatic N) is 2. The zero-order valence-corrected chi connectivity index (χ0v) is 48.0. The molecular formula is C52H74N16O15S2. The Labute approximate surface area is 496 Å². The number of primary amides is 4. The maximum Gasteiger partial charge on any atom is 0.246 e. The molecule has 21 N–H and O–H groups in total. The van der Waals surface area contributed by atoms with E-state index in [-0.39, 0.29) is 56.7 Å². The van der Waals surface area contributed by atoms with Gasteiger partial charge >= 0.3 is 0 Å². The minimum atomic E-state index is -1.90. The third-order valence-corrected chi connectivity index (χ3v) is 15.7. The summed E-state index contributed by atoms with van der Waals surface area (Å²) < 4.78 is 0. The fourth-order valence-corrected chi connectivity index (χ4v) is 11.2. The number of unbranched alkanes of at least 4 members (excludes halogenated alkanes) is 1. The van der Waals surface area contributed by atoms with Crippen LogP contribution in [0.3, 0.4) is 0 Å². The monoisotopic (exact) mass is 1230 g/mol. The first-order valence-corrected chi connectivity index (χ1v) is 29.5. The molecule has 0 bridgehead atoms. The van der Waals surface area contributed by atoms with Gasteiger partial charge in [0.25, 0.3) is 0 Å². The lowest BCUT2D eigenvalue weighted by atomic mass is 10.0. The van der Waals surface area contributed by atoms with Crippen LogP contribution in [0.1, 0.15) is 62.5 Å². The van der Waals surface area contributed by atoms with E-state index in [1.807, 2.05) is 0 Å². The van der Waals surface area contributed by atoms with Gasteiger partial charge in [-0.1, -0.05) is 64.1 Å². The fraction of sp³-hybridized carbons (Fsp3) is 0.500. The molecule has 2 heterocycles. The summed E-state index contributed by atoms with van der Waals surface area (Å²) in [5.74, 6) is -14.6. The molecule has 14 amide bonds. The zero-order valence-electron chi connectivity index (χ0n) is 46.4. The highest BCUT2D eigenvalue weighted by Crippen LogP contribution is 2.27. The molecule has 0 saturated carbocycles. The van der Waals surface area contributed by atoms with Gasteiger partial charge in [0.05, 0.1) is 26.1 Å². The number of phenols is 1. The van der Waals surface area contributed by atoms with Crippen molar-refractivity contribution in [3.05, 3.63) is 65.7 Å². The molecule has 2 fully saturated rings. The molecule has 0 spiro atoms. The van der Waals surface area contributed by atoms with E-state index in [0.29, 0.717) is 24.0 Å². The van der Waals surface area contributed by atoms with Crippen molar-refractivity contribution in [2.24, 2.45) is 34.4 Å². The Morgan fingerprint density at radius 1 is 0.647 bits per heavy atom. The Hall–Kier alpha value is -8.56. The number of aromatic hydroxyl groups is 1. The molecule has 4 rings (SSSR count). The second-order valence-electron chi connectivity index (χ2n) is 19.8. The minimum Gasteiger partial charge on any atom is -0.508 e. The molecule has 464 valence electrons. The van der Waals surface area contributed by atoms with Crippen molar-refractivity contribution in [3.8, 4) is 5.75 Å². The van der Waals surface area contributed by atoms with Crippen LogP contribution >= 0.6 is 21.6 Å². The molecule has 0 unspecified atom stereocenters. The van der Waals surface area contributed by atoms with Crippen molar-refractivity contribution in [2.45, 2.75) is 113 Å². The molecule has 0 aliphatic carbocycles. The van der Waals surface area contributed by atoms with Crippen LogP contribution in [0.4, 0.5) is 0 Å². The van der Waals surface area contributed by atoms with Crippen LogP contribution in [-0.2, 0) is 80.0 Å². The number of likely N-dealkylation sites (tertiary alicyclic amines) is 1. The molecule has 2 saturated heterocycles. The summed E-state index contributed by atoms with van der Waals surface area (Å²) in [6.45, 7) is -2.37. The first-order valence-electron chi connectivity index (χ1n) is 27.0. The van der Waals surface area contributed by atoms with E-state index < -0.39 is 182 Å². The molecule has 85 heavy (non-hydrogen) atoms. The summed E-state index contributed by atoms with van der Waals surface area (Å²) in [6, 6.07) is 1.01. The Balaban J connectivity index is 1.85. The van der Waals surface area contributed by atoms with E-state index in [4.69, 9.17) is 34.4 Å². The van der Waals surface area contributed by atoms with E-state index in [0.717, 1.165) is 31.4 Å². The van der Waals surface area contributed by atoms with Gasteiger partial charge in [-0.3, -0.25) is 67.1 Å². The Bertz CT molecular complexity index is 2750. The van der Waals surface area contributed by atoms with Crippen molar-refractivity contribution in [2.75, 3.05) is 50.8 Å². The van der Waals surface area contributed by atoms with Gasteiger partial charge in [0, 0.05) is 37.3 Å². The number of nitrogens with one attached hydrogen (secondary N) is 8. The fourth-order valence-electron chi connectivity index (χ4n) is 8.91. The quantitative estimate of drug-likeness (QED) is 0.0324. The topological polar surface area (TPSA) is 518 Å². The van der Waals surface area contributed by atoms with Crippen molar-refractivity contribution < 1.29 is 72.2 Å². The summed E-state index contributed by atoms with van der Waals surface area (Å²) >= 11 is 0. The summed E-state index contributed by atoms with van der Waals surface area (Å²) in [5, 5.41) is 29.7. The summed E-state index contributed by atoms with van der Waals surface area (Å²) in [7, 11) is 1.69. The van der Waals surface area contributed by atoms with E-state index in [1.54, 1.807) is 30.3 Å². The number of nitrogens with two attached hydrogens (primary N) is 6. The molecule has 0 aromatic heterocycles. The number of phenolic OH excluding ortho intramolecular Hbond substituents is 1. The van der Waals surface area contributed by atoms with Crippen LogP contribution in [-0.4, -0.2) is 197 Å². The van der Waals surface area contributed by atoms with Gasteiger partial charge < -0.3 is 91.8 Å². The van der Waals surface area contributed by atoms with E-state index >= 15 is 0 Å². The number of carbonyl (C=O) groups is 14. The average Bonchev–Trinajstić information content (AvgIpc) is 3.03. The van der Waals surface area contributed by atoms with Gasteiger partial charge in [-0.2, -0.15) is 0 Å². The molecule has 33 heteroatoms. The maximum absolute atomic E-state index is 14.9. The van der Waals surface area contributed by atoms with E-state index in [9.17, 15) is 72.2 Å². The first-order chi connectivity index (χ1) is 40.4. The number of benzene rings is 2. The third kappa shape index (κ3) is 23.2. The van der Waals surface area contributed by atoms with Crippen molar-refractivity contribution in [3.63, 3.8) is 0 Å². The zero-order chi connectivity index (χ0) is 62.8. The number of rotatable bonds is 25. The molecular weight excluding hydrogens is 1150 g/mol. The molecule has 2 aromatic rings. The lowest BCUT2D eigenvalue weighted by molar-refractivity contribution is -0.150. The van der Waals surface area contributed by atoms with Crippen LogP contribution in [0.25, 0.3) is 0 Å². The number of hydrogen-bond donors (Lipinski definition) is 15. The maximum atomic E-state index is 14.9. The molecule has 8 atom stereocenters. The van der Waals surface area contributed by atoms with Crippen molar-refractivity contribution in [1.82, 2.24) is 52.3 Å². The molecule has 31 nitrogen and oxygen atoms in total. The van der Waals surface area contributed by atoms with Crippen LogP contribution in [0.15, 0.2) is 54.6 Å². The Morgan fingerprint density at radius 3 is 1.81 bits per heavy atom. The highest BCUT2D eigenvalue weighted by molar-refractivity contribution is 8.76. The van der Waals surface area contributed by atoms with Gasteiger partial charge in [-0.25, -0.2) is 0 Å². The predicted molar refractivity (Wildman–Crippen MR) is 307 cm³/mol. The normalized spacial score (nSPS) is 21.2. The van der Waals surface area contributed by atoms with E-state index in [2.05, 4.69) is 42.5 Å². The van der Waals surface area contributed by atoms with Gasteiger partial charge in [0.1, 0.15) is 60.6 Å². The second-order valence-corrected chi connectivity index (χ2v) is 22.4. The first kappa shape index (κ1) is 68.9. The predicted octanol–water partition coefficient (Wildman–Crippen LogP) is -6.90. The number of hydrogen-bond acceptors (Lipinski definition) is 19. The SMILES string of the molecule is NCCCC[C@@H](C(N)=O)N(CC(N)=O)C(=O)[C@@H]1CCCN1C(=O)[C@@H]1CSSC[C@H](NC(=O)CNC(=O)CNC(=O)CN)C(=O)N[C@@H](Cc2ccc(O)cc2)C(=O)N[C@@H](Cc2ccccc2)C(=O)N[C@@H](CCC(N)=O)C(=O)N[C@@H](CC(N)=O)C(=O)N1. The molecule has 0 radical (unpaired) electrons. The Kier molecular flexibility index (Phi) is 28.3. The van der Waals surface area contributed by atoms with Gasteiger partial charge in [0.15, 0.2) is 0 Å². The van der Waals surface area contributed by atoms with Crippen LogP contribution in [0.2, 0.25) is 0 Å². The summed E-state index contributed by atoms with van der Waals surface area (Å²) in [4.78, 5) is 192. The highest BCUT2D eigenvalue weighted by Gasteiger charge is 2.43. The van der Waals surface area contributed by atoms with Gasteiger partial charge in [-0.05, 0) is 68.3 Å². The Morgan fingerprint density at radius 2 is 1.21 bits per heavy atom. The smallest absolute Gasteiger partial charge is 0.246 e. The molecule has 2 aromatic carbocycles. The highest BCUT2D eigenvalue weighted by atomic mass is 33.1. The number of amides is 14. The average molecular weight is 1230 g/mol.